The Bertz CT molecular complexity index is 1320. The molecule has 33 heavy (non-hydrogen) atoms. The third-order valence-corrected chi connectivity index (χ3v) is 5.69. The maximum absolute atomic E-state index is 9.73. The van der Waals surface area contributed by atoms with Crippen LogP contribution >= 0.6 is 0 Å². The van der Waals surface area contributed by atoms with Crippen LogP contribution in [0.5, 0.6) is 0 Å². The zero-order chi connectivity index (χ0) is 22.8. The van der Waals surface area contributed by atoms with Crippen LogP contribution in [-0.2, 0) is 4.74 Å². The van der Waals surface area contributed by atoms with Crippen molar-refractivity contribution < 1.29 is 4.74 Å². The third-order valence-electron chi connectivity index (χ3n) is 5.69. The average Bonchev–Trinajstić information content (AvgIpc) is 3.38. The number of hydrogen-bond acceptors (Lipinski definition) is 9. The number of benzene rings is 2. The van der Waals surface area contributed by atoms with Crippen molar-refractivity contribution >= 4 is 22.5 Å². The molecule has 2 aromatic heterocycles. The molecule has 2 N–H and O–H groups in total. The fraction of sp³-hybridized carbons (Fsp3) is 0.304. The number of hydrogen-bond donors (Lipinski definition) is 2. The molecule has 0 spiro atoms. The van der Waals surface area contributed by atoms with E-state index in [0.29, 0.717) is 49.2 Å². The lowest BCUT2D eigenvalue weighted by Gasteiger charge is -2.28. The molecule has 2 aromatic carbocycles. The molecule has 0 radical (unpaired) electrons. The highest BCUT2D eigenvalue weighted by Gasteiger charge is 2.21. The maximum Gasteiger partial charge on any atom is 0.206 e. The van der Waals surface area contributed by atoms with E-state index in [2.05, 4.69) is 54.9 Å². The summed E-state index contributed by atoms with van der Waals surface area (Å²) in [7, 11) is 0. The SMILES string of the molecule is Cc1cc([C@@H](C)Nc2ccccc2-c2nn[nH]n2)c2nc(N3CCOCC3)c(C#N)nc2c1. The Hall–Kier alpha value is -4.10. The van der Waals surface area contributed by atoms with Gasteiger partial charge in [-0.05, 0) is 42.8 Å². The lowest BCUT2D eigenvalue weighted by molar-refractivity contribution is 0.122. The fourth-order valence-corrected chi connectivity index (χ4v) is 4.12. The number of aromatic nitrogens is 6. The Kier molecular flexibility index (Phi) is 5.54. The highest BCUT2D eigenvalue weighted by Crippen LogP contribution is 2.32. The summed E-state index contributed by atoms with van der Waals surface area (Å²) in [6.45, 7) is 6.68. The number of anilines is 2. The molecular weight excluding hydrogens is 418 g/mol. The molecule has 10 nitrogen and oxygen atoms in total. The van der Waals surface area contributed by atoms with Gasteiger partial charge < -0.3 is 15.0 Å². The third kappa shape index (κ3) is 4.06. The first-order chi connectivity index (χ1) is 16.1. The van der Waals surface area contributed by atoms with Crippen LogP contribution < -0.4 is 10.2 Å². The van der Waals surface area contributed by atoms with Gasteiger partial charge in [0.1, 0.15) is 6.07 Å². The minimum atomic E-state index is -0.0970. The number of aryl methyl sites for hydroxylation is 1. The first-order valence-corrected chi connectivity index (χ1v) is 10.8. The molecule has 3 heterocycles. The minimum Gasteiger partial charge on any atom is -0.378 e. The van der Waals surface area contributed by atoms with Crippen molar-refractivity contribution in [1.82, 2.24) is 30.6 Å². The maximum atomic E-state index is 9.73. The van der Waals surface area contributed by atoms with Crippen molar-refractivity contribution in [2.45, 2.75) is 19.9 Å². The van der Waals surface area contributed by atoms with E-state index >= 15 is 0 Å². The van der Waals surface area contributed by atoms with E-state index in [1.807, 2.05) is 37.3 Å². The number of morpholine rings is 1. The summed E-state index contributed by atoms with van der Waals surface area (Å²) >= 11 is 0. The lowest BCUT2D eigenvalue weighted by atomic mass is 10.0. The molecule has 1 saturated heterocycles. The van der Waals surface area contributed by atoms with Crippen molar-refractivity contribution in [3.8, 4) is 17.5 Å². The quantitative estimate of drug-likeness (QED) is 0.480. The molecular formula is C23H23N9O. The second-order valence-electron chi connectivity index (χ2n) is 7.98. The van der Waals surface area contributed by atoms with Gasteiger partial charge in [-0.25, -0.2) is 9.97 Å². The van der Waals surface area contributed by atoms with Crippen molar-refractivity contribution in [3.63, 3.8) is 0 Å². The molecule has 1 atom stereocenters. The summed E-state index contributed by atoms with van der Waals surface area (Å²) in [4.78, 5) is 11.7. The van der Waals surface area contributed by atoms with Crippen molar-refractivity contribution in [2.75, 3.05) is 36.5 Å². The number of rotatable bonds is 5. The van der Waals surface area contributed by atoms with Crippen molar-refractivity contribution in [3.05, 3.63) is 53.2 Å². The van der Waals surface area contributed by atoms with E-state index in [1.165, 1.54) is 0 Å². The van der Waals surface area contributed by atoms with E-state index < -0.39 is 0 Å². The van der Waals surface area contributed by atoms with E-state index in [4.69, 9.17) is 9.72 Å². The summed E-state index contributed by atoms with van der Waals surface area (Å²) in [6.07, 6.45) is 0. The Balaban J connectivity index is 1.57. The molecule has 5 rings (SSSR count). The lowest BCUT2D eigenvalue weighted by Crippen LogP contribution is -2.37. The van der Waals surface area contributed by atoms with Gasteiger partial charge in [-0.3, -0.25) is 0 Å². The van der Waals surface area contributed by atoms with Gasteiger partial charge in [-0.2, -0.15) is 10.5 Å². The van der Waals surface area contributed by atoms with E-state index in [0.717, 1.165) is 27.9 Å². The predicted octanol–water partition coefficient (Wildman–Crippen LogP) is 3.00. The van der Waals surface area contributed by atoms with Crippen LogP contribution in [-0.4, -0.2) is 56.9 Å². The molecule has 4 aromatic rings. The smallest absolute Gasteiger partial charge is 0.206 e. The van der Waals surface area contributed by atoms with E-state index in [1.54, 1.807) is 0 Å². The van der Waals surface area contributed by atoms with Crippen LogP contribution in [0.1, 0.15) is 29.8 Å². The van der Waals surface area contributed by atoms with Gasteiger partial charge in [-0.1, -0.05) is 18.2 Å². The molecule has 1 aliphatic heterocycles. The van der Waals surface area contributed by atoms with Crippen LogP contribution in [0.4, 0.5) is 11.5 Å². The van der Waals surface area contributed by atoms with Gasteiger partial charge in [0.25, 0.3) is 0 Å². The highest BCUT2D eigenvalue weighted by atomic mass is 16.5. The minimum absolute atomic E-state index is 0.0970. The van der Waals surface area contributed by atoms with Crippen LogP contribution in [0.2, 0.25) is 0 Å². The number of tetrazole rings is 1. The van der Waals surface area contributed by atoms with Gasteiger partial charge in [0.15, 0.2) is 11.5 Å². The summed E-state index contributed by atoms with van der Waals surface area (Å²) in [5, 5.41) is 27.7. The molecule has 0 aliphatic carbocycles. The van der Waals surface area contributed by atoms with Gasteiger partial charge >= 0.3 is 0 Å². The van der Waals surface area contributed by atoms with E-state index in [-0.39, 0.29) is 6.04 Å². The van der Waals surface area contributed by atoms with Crippen molar-refractivity contribution in [1.29, 1.82) is 5.26 Å². The summed E-state index contributed by atoms with van der Waals surface area (Å²) in [6, 6.07) is 14.0. The number of ether oxygens (including phenoxy) is 1. The normalized spacial score (nSPS) is 14.8. The summed E-state index contributed by atoms with van der Waals surface area (Å²) in [5.74, 6) is 1.13. The van der Waals surface area contributed by atoms with E-state index in [9.17, 15) is 5.26 Å². The van der Waals surface area contributed by atoms with Gasteiger partial charge in [0.05, 0.1) is 30.3 Å². The highest BCUT2D eigenvalue weighted by molar-refractivity contribution is 5.83. The monoisotopic (exact) mass is 441 g/mol. The van der Waals surface area contributed by atoms with Crippen LogP contribution in [0, 0.1) is 18.3 Å². The topological polar surface area (TPSA) is 129 Å². The zero-order valence-corrected chi connectivity index (χ0v) is 18.4. The average molecular weight is 441 g/mol. The Morgan fingerprint density at radius 3 is 2.76 bits per heavy atom. The second-order valence-corrected chi connectivity index (χ2v) is 7.98. The molecule has 166 valence electrons. The second kappa shape index (κ2) is 8.80. The molecule has 1 fully saturated rings. The Morgan fingerprint density at radius 1 is 1.18 bits per heavy atom. The van der Waals surface area contributed by atoms with Crippen LogP contribution in [0.3, 0.4) is 0 Å². The number of fused-ring (bicyclic) bond motifs is 1. The first-order valence-electron chi connectivity index (χ1n) is 10.8. The molecule has 0 bridgehead atoms. The fourth-order valence-electron chi connectivity index (χ4n) is 4.12. The number of nitrogens with zero attached hydrogens (tertiary/aromatic N) is 7. The molecule has 0 saturated carbocycles. The molecule has 1 aliphatic rings. The molecule has 10 heteroatoms. The van der Waals surface area contributed by atoms with Crippen LogP contribution in [0.15, 0.2) is 36.4 Å². The van der Waals surface area contributed by atoms with Gasteiger partial charge in [-0.15, -0.1) is 10.2 Å². The van der Waals surface area contributed by atoms with Gasteiger partial charge in [0.2, 0.25) is 5.82 Å². The number of para-hydroxylation sites is 1. The zero-order valence-electron chi connectivity index (χ0n) is 18.4. The standard InChI is InChI=1S/C23H23N9O/c1-14-11-17(15(2)25-18-6-4-3-5-16(18)22-28-30-31-29-22)21-19(12-14)26-20(13-24)23(27-21)32-7-9-33-10-8-32/h3-6,11-12,15,25H,7-10H2,1-2H3,(H,28,29,30,31)/t15-/m1/s1. The number of nitrogens with one attached hydrogen (secondary N) is 2. The predicted molar refractivity (Wildman–Crippen MR) is 124 cm³/mol. The summed E-state index contributed by atoms with van der Waals surface area (Å²) in [5.41, 5.74) is 5.60. The number of H-pyrrole nitrogens is 1. The van der Waals surface area contributed by atoms with Gasteiger partial charge in [0, 0.05) is 29.9 Å². The van der Waals surface area contributed by atoms with Crippen LogP contribution in [0.25, 0.3) is 22.4 Å². The Labute approximate surface area is 190 Å². The summed E-state index contributed by atoms with van der Waals surface area (Å²) < 4.78 is 5.47. The van der Waals surface area contributed by atoms with Crippen molar-refractivity contribution in [2.24, 2.45) is 0 Å². The number of nitriles is 1. The molecule has 0 amide bonds. The Morgan fingerprint density at radius 2 is 2.00 bits per heavy atom. The first kappa shape index (κ1) is 20.8. The largest absolute Gasteiger partial charge is 0.378 e. The molecule has 0 unspecified atom stereocenters. The number of aromatic amines is 1.